The largest absolute Gasteiger partial charge is 0.389 e. The van der Waals surface area contributed by atoms with E-state index in [-0.39, 0.29) is 6.42 Å². The predicted molar refractivity (Wildman–Crippen MR) is 74.0 cm³/mol. The molecule has 0 spiro atoms. The fraction of sp³-hybridized carbons (Fsp3) is 0.600. The van der Waals surface area contributed by atoms with E-state index in [9.17, 15) is 13.2 Å². The number of benzene rings is 1. The molecule has 1 unspecified atom stereocenters. The van der Waals surface area contributed by atoms with Crippen LogP contribution in [0.4, 0.5) is 13.2 Å². The number of alkyl halides is 4. The summed E-state index contributed by atoms with van der Waals surface area (Å²) in [6, 6.07) is 0. The maximum absolute atomic E-state index is 12.3. The van der Waals surface area contributed by atoms with Gasteiger partial charge in [-0.15, -0.1) is 11.6 Å². The van der Waals surface area contributed by atoms with Gasteiger partial charge in [0.05, 0.1) is 5.38 Å². The van der Waals surface area contributed by atoms with Crippen molar-refractivity contribution in [3.05, 3.63) is 33.4 Å². The second-order valence-corrected chi connectivity index (χ2v) is 5.69. The lowest BCUT2D eigenvalue weighted by atomic mass is 9.87. The van der Waals surface area contributed by atoms with Gasteiger partial charge in [-0.25, -0.2) is 0 Å². The van der Waals surface area contributed by atoms with Crippen LogP contribution in [0.3, 0.4) is 0 Å². The van der Waals surface area contributed by atoms with Crippen LogP contribution in [0.15, 0.2) is 0 Å². The molecule has 0 bridgehead atoms. The standard InChI is InChI=1S/C15H20ClF3/c1-8-9(2)11(4)14(12(5)10(8)3)13(16)6-7-15(17,18)19/h13H,6-7H2,1-5H3. The average molecular weight is 293 g/mol. The fourth-order valence-electron chi connectivity index (χ4n) is 2.43. The summed E-state index contributed by atoms with van der Waals surface area (Å²) in [7, 11) is 0. The SMILES string of the molecule is Cc1c(C)c(C)c(C(Cl)CCC(F)(F)F)c(C)c1C. The molecular formula is C15H20ClF3. The first-order chi connectivity index (χ1) is 8.56. The van der Waals surface area contributed by atoms with Crippen molar-refractivity contribution in [3.63, 3.8) is 0 Å². The Morgan fingerprint density at radius 2 is 1.21 bits per heavy atom. The minimum absolute atomic E-state index is 0.0747. The molecule has 0 fully saturated rings. The normalized spacial score (nSPS) is 13.7. The molecule has 1 atom stereocenters. The minimum Gasteiger partial charge on any atom is -0.171 e. The Morgan fingerprint density at radius 1 is 0.842 bits per heavy atom. The van der Waals surface area contributed by atoms with Gasteiger partial charge in [-0.2, -0.15) is 13.2 Å². The van der Waals surface area contributed by atoms with E-state index < -0.39 is 18.0 Å². The van der Waals surface area contributed by atoms with Gasteiger partial charge < -0.3 is 0 Å². The van der Waals surface area contributed by atoms with Crippen LogP contribution in [0.1, 0.15) is 51.6 Å². The Morgan fingerprint density at radius 3 is 1.58 bits per heavy atom. The highest BCUT2D eigenvalue weighted by Crippen LogP contribution is 2.38. The fourth-order valence-corrected chi connectivity index (χ4v) is 2.87. The first kappa shape index (κ1) is 16.4. The van der Waals surface area contributed by atoms with Crippen LogP contribution in [-0.2, 0) is 0 Å². The predicted octanol–water partition coefficient (Wildman–Crippen LogP) is 5.85. The second kappa shape index (κ2) is 5.74. The van der Waals surface area contributed by atoms with Crippen molar-refractivity contribution in [2.75, 3.05) is 0 Å². The molecule has 0 heterocycles. The first-order valence-electron chi connectivity index (χ1n) is 6.34. The van der Waals surface area contributed by atoms with Gasteiger partial charge in [0.1, 0.15) is 0 Å². The third-order valence-electron chi connectivity index (χ3n) is 4.05. The van der Waals surface area contributed by atoms with E-state index in [1.54, 1.807) is 0 Å². The molecule has 4 heteroatoms. The average Bonchev–Trinajstić information content (AvgIpc) is 2.31. The van der Waals surface area contributed by atoms with E-state index in [0.717, 1.165) is 27.8 Å². The summed E-state index contributed by atoms with van der Waals surface area (Å²) in [5.41, 5.74) is 6.34. The lowest BCUT2D eigenvalue weighted by Crippen LogP contribution is -2.10. The maximum atomic E-state index is 12.3. The Balaban J connectivity index is 3.14. The van der Waals surface area contributed by atoms with E-state index >= 15 is 0 Å². The molecule has 0 aliphatic carbocycles. The van der Waals surface area contributed by atoms with E-state index in [1.165, 1.54) is 5.56 Å². The number of halogens is 4. The molecule has 1 aromatic carbocycles. The summed E-state index contributed by atoms with van der Waals surface area (Å²) in [5.74, 6) is 0. The summed E-state index contributed by atoms with van der Waals surface area (Å²) < 4.78 is 36.9. The number of rotatable bonds is 3. The highest BCUT2D eigenvalue weighted by Gasteiger charge is 2.29. The van der Waals surface area contributed by atoms with Crippen LogP contribution in [0, 0.1) is 34.6 Å². The second-order valence-electron chi connectivity index (χ2n) is 5.16. The van der Waals surface area contributed by atoms with Crippen LogP contribution in [0.5, 0.6) is 0 Å². The zero-order chi connectivity index (χ0) is 15.0. The van der Waals surface area contributed by atoms with Crippen molar-refractivity contribution >= 4 is 11.6 Å². The smallest absolute Gasteiger partial charge is 0.171 e. The van der Waals surface area contributed by atoms with Crippen molar-refractivity contribution in [3.8, 4) is 0 Å². The van der Waals surface area contributed by atoms with Crippen LogP contribution >= 0.6 is 11.6 Å². The van der Waals surface area contributed by atoms with Gasteiger partial charge in [-0.3, -0.25) is 0 Å². The molecular weight excluding hydrogens is 273 g/mol. The summed E-state index contributed by atoms with van der Waals surface area (Å²) in [4.78, 5) is 0. The monoisotopic (exact) mass is 292 g/mol. The highest BCUT2D eigenvalue weighted by molar-refractivity contribution is 6.21. The Labute approximate surface area is 118 Å². The molecule has 108 valence electrons. The summed E-state index contributed by atoms with van der Waals surface area (Å²) >= 11 is 6.22. The van der Waals surface area contributed by atoms with E-state index in [4.69, 9.17) is 11.6 Å². The molecule has 0 aliphatic heterocycles. The molecule has 1 aromatic rings. The molecule has 19 heavy (non-hydrogen) atoms. The maximum Gasteiger partial charge on any atom is 0.389 e. The number of hydrogen-bond donors (Lipinski definition) is 0. The van der Waals surface area contributed by atoms with Gasteiger partial charge in [0, 0.05) is 6.42 Å². The lowest BCUT2D eigenvalue weighted by molar-refractivity contribution is -0.135. The summed E-state index contributed by atoms with van der Waals surface area (Å²) in [6.45, 7) is 9.90. The van der Waals surface area contributed by atoms with Crippen molar-refractivity contribution in [1.29, 1.82) is 0 Å². The third-order valence-corrected chi connectivity index (χ3v) is 4.49. The van der Waals surface area contributed by atoms with Crippen molar-refractivity contribution in [2.24, 2.45) is 0 Å². The summed E-state index contributed by atoms with van der Waals surface area (Å²) in [6.07, 6.45) is -5.07. The van der Waals surface area contributed by atoms with Gasteiger partial charge in [0.15, 0.2) is 0 Å². The van der Waals surface area contributed by atoms with E-state index in [0.29, 0.717) is 0 Å². The highest BCUT2D eigenvalue weighted by atomic mass is 35.5. The summed E-state index contributed by atoms with van der Waals surface area (Å²) in [5, 5.41) is -0.584. The Kier molecular flexibility index (Phi) is 4.94. The van der Waals surface area contributed by atoms with E-state index in [1.807, 2.05) is 34.6 Å². The van der Waals surface area contributed by atoms with Gasteiger partial charge in [0.2, 0.25) is 0 Å². The van der Waals surface area contributed by atoms with Crippen LogP contribution in [-0.4, -0.2) is 6.18 Å². The molecule has 0 radical (unpaired) electrons. The van der Waals surface area contributed by atoms with Crippen LogP contribution in [0.25, 0.3) is 0 Å². The molecule has 1 rings (SSSR count). The first-order valence-corrected chi connectivity index (χ1v) is 6.77. The minimum atomic E-state index is -4.15. The van der Waals surface area contributed by atoms with Gasteiger partial charge >= 0.3 is 6.18 Å². The zero-order valence-corrected chi connectivity index (χ0v) is 12.8. The van der Waals surface area contributed by atoms with Crippen LogP contribution in [0.2, 0.25) is 0 Å². The molecule has 0 aromatic heterocycles. The molecule has 0 saturated carbocycles. The zero-order valence-electron chi connectivity index (χ0n) is 12.0. The molecule has 0 aliphatic rings. The molecule has 0 nitrogen and oxygen atoms in total. The van der Waals surface area contributed by atoms with Crippen molar-refractivity contribution in [2.45, 2.75) is 59.0 Å². The molecule has 0 N–H and O–H groups in total. The number of hydrogen-bond acceptors (Lipinski definition) is 0. The Bertz CT molecular complexity index is 446. The van der Waals surface area contributed by atoms with Gasteiger partial charge in [0.25, 0.3) is 0 Å². The molecule has 0 amide bonds. The quantitative estimate of drug-likeness (QED) is 0.613. The van der Waals surface area contributed by atoms with Crippen molar-refractivity contribution < 1.29 is 13.2 Å². The van der Waals surface area contributed by atoms with E-state index in [2.05, 4.69) is 0 Å². The molecule has 0 saturated heterocycles. The topological polar surface area (TPSA) is 0 Å². The van der Waals surface area contributed by atoms with Gasteiger partial charge in [-0.05, 0) is 74.4 Å². The third kappa shape index (κ3) is 3.65. The van der Waals surface area contributed by atoms with Gasteiger partial charge in [-0.1, -0.05) is 0 Å². The Hall–Kier alpha value is -0.700. The van der Waals surface area contributed by atoms with Crippen LogP contribution < -0.4 is 0 Å². The van der Waals surface area contributed by atoms with Crippen molar-refractivity contribution in [1.82, 2.24) is 0 Å². The lowest BCUT2D eigenvalue weighted by Gasteiger charge is -2.22.